The molecule has 0 radical (unpaired) electrons. The molecule has 3 rings (SSSR count). The number of aromatic nitrogens is 2. The van der Waals surface area contributed by atoms with Crippen LogP contribution in [0.25, 0.3) is 11.5 Å². The molecule has 1 heterocycles. The number of ether oxygens (including phenoxy) is 1. The van der Waals surface area contributed by atoms with Gasteiger partial charge in [0.15, 0.2) is 6.10 Å². The molecule has 1 unspecified atom stereocenters. The largest absolute Gasteiger partial charge is 0.449 e. The van der Waals surface area contributed by atoms with Crippen molar-refractivity contribution in [2.24, 2.45) is 0 Å². The Morgan fingerprint density at radius 3 is 2.59 bits per heavy atom. The van der Waals surface area contributed by atoms with Gasteiger partial charge in [-0.25, -0.2) is 9.18 Å². The van der Waals surface area contributed by atoms with E-state index in [9.17, 15) is 19.3 Å². The zero-order chi connectivity index (χ0) is 19.6. The Balaban J connectivity index is 1.76. The summed E-state index contributed by atoms with van der Waals surface area (Å²) in [4.78, 5) is 22.3. The number of hydrogen-bond donors (Lipinski definition) is 0. The van der Waals surface area contributed by atoms with Gasteiger partial charge in [0.1, 0.15) is 11.4 Å². The summed E-state index contributed by atoms with van der Waals surface area (Å²) >= 11 is 5.83. The molecule has 0 fully saturated rings. The third-order valence-electron chi connectivity index (χ3n) is 3.56. The van der Waals surface area contributed by atoms with E-state index < -0.39 is 22.8 Å². The quantitative estimate of drug-likeness (QED) is 0.361. The van der Waals surface area contributed by atoms with Gasteiger partial charge in [0, 0.05) is 17.7 Å². The van der Waals surface area contributed by atoms with E-state index in [0.29, 0.717) is 5.56 Å². The van der Waals surface area contributed by atoms with Crippen molar-refractivity contribution >= 4 is 23.3 Å². The van der Waals surface area contributed by atoms with Crippen LogP contribution in [0.5, 0.6) is 0 Å². The second kappa shape index (κ2) is 7.50. The van der Waals surface area contributed by atoms with Crippen LogP contribution >= 0.6 is 11.6 Å². The van der Waals surface area contributed by atoms with Gasteiger partial charge in [0.2, 0.25) is 5.89 Å². The minimum Gasteiger partial charge on any atom is -0.449 e. The summed E-state index contributed by atoms with van der Waals surface area (Å²) in [6.45, 7) is 1.47. The number of carbonyl (C=O) groups is 1. The van der Waals surface area contributed by atoms with Gasteiger partial charge in [-0.3, -0.25) is 10.1 Å². The number of non-ortho nitro benzene ring substituents is 1. The Bertz CT molecular complexity index is 986. The van der Waals surface area contributed by atoms with Gasteiger partial charge < -0.3 is 9.15 Å². The van der Waals surface area contributed by atoms with E-state index >= 15 is 0 Å². The molecule has 0 saturated heterocycles. The molecule has 1 aromatic heterocycles. The summed E-state index contributed by atoms with van der Waals surface area (Å²) in [5.74, 6) is -1.71. The number of hydrogen-bond acceptors (Lipinski definition) is 7. The average Bonchev–Trinajstić information content (AvgIpc) is 3.12. The molecule has 10 heteroatoms. The van der Waals surface area contributed by atoms with E-state index in [1.165, 1.54) is 43.3 Å². The molecule has 1 atom stereocenters. The molecular formula is C17H11ClFN3O5. The lowest BCUT2D eigenvalue weighted by molar-refractivity contribution is -0.384. The van der Waals surface area contributed by atoms with Crippen LogP contribution in [0.1, 0.15) is 29.3 Å². The lowest BCUT2D eigenvalue weighted by Crippen LogP contribution is -2.12. The van der Waals surface area contributed by atoms with Gasteiger partial charge in [-0.2, -0.15) is 0 Å². The predicted molar refractivity (Wildman–Crippen MR) is 91.6 cm³/mol. The summed E-state index contributed by atoms with van der Waals surface area (Å²) in [6, 6.07) is 9.31. The van der Waals surface area contributed by atoms with Gasteiger partial charge in [0.05, 0.1) is 9.95 Å². The van der Waals surface area contributed by atoms with Crippen LogP contribution < -0.4 is 0 Å². The van der Waals surface area contributed by atoms with Crippen molar-refractivity contribution in [1.29, 1.82) is 0 Å². The van der Waals surface area contributed by atoms with Crippen LogP contribution in [0.4, 0.5) is 10.1 Å². The molecule has 0 amide bonds. The normalized spacial score (nSPS) is 11.8. The summed E-state index contributed by atoms with van der Waals surface area (Å²) < 4.78 is 24.4. The Kier molecular flexibility index (Phi) is 5.13. The zero-order valence-corrected chi connectivity index (χ0v) is 14.5. The second-order valence-corrected chi connectivity index (χ2v) is 5.80. The van der Waals surface area contributed by atoms with Crippen LogP contribution in [0.15, 0.2) is 46.9 Å². The summed E-state index contributed by atoms with van der Waals surface area (Å²) in [6.07, 6.45) is -0.965. The van der Waals surface area contributed by atoms with E-state index in [4.69, 9.17) is 20.8 Å². The molecule has 0 aliphatic carbocycles. The first-order valence-corrected chi connectivity index (χ1v) is 7.98. The zero-order valence-electron chi connectivity index (χ0n) is 13.8. The Morgan fingerprint density at radius 2 is 1.96 bits per heavy atom. The van der Waals surface area contributed by atoms with Crippen molar-refractivity contribution in [2.75, 3.05) is 0 Å². The van der Waals surface area contributed by atoms with Crippen molar-refractivity contribution in [3.8, 4) is 11.5 Å². The van der Waals surface area contributed by atoms with E-state index in [-0.39, 0.29) is 28.1 Å². The van der Waals surface area contributed by atoms with Crippen molar-refractivity contribution in [1.82, 2.24) is 10.2 Å². The van der Waals surface area contributed by atoms with Crippen molar-refractivity contribution in [2.45, 2.75) is 13.0 Å². The molecule has 8 nitrogen and oxygen atoms in total. The first-order chi connectivity index (χ1) is 12.9. The summed E-state index contributed by atoms with van der Waals surface area (Å²) in [5, 5.41) is 18.2. The molecule has 2 aromatic carbocycles. The second-order valence-electron chi connectivity index (χ2n) is 5.39. The lowest BCUT2D eigenvalue weighted by atomic mass is 10.2. The SMILES string of the molecule is CC(OC(=O)c1c(F)cccc1Cl)c1nnc(-c2ccc([N+](=O)[O-])cc2)o1. The molecule has 0 saturated carbocycles. The standard InChI is InChI=1S/C17H11ClFN3O5/c1-9(26-17(23)14-12(18)3-2-4-13(14)19)15-20-21-16(27-15)10-5-7-11(8-6-10)22(24)25/h2-9H,1H3. The monoisotopic (exact) mass is 391 g/mol. The van der Waals surface area contributed by atoms with Crippen LogP contribution in [-0.4, -0.2) is 21.1 Å². The van der Waals surface area contributed by atoms with Crippen molar-refractivity contribution < 1.29 is 23.3 Å². The van der Waals surface area contributed by atoms with E-state index in [1.807, 2.05) is 0 Å². The first-order valence-electron chi connectivity index (χ1n) is 7.60. The maximum atomic E-state index is 13.8. The van der Waals surface area contributed by atoms with Crippen LogP contribution in [-0.2, 0) is 4.74 Å². The Morgan fingerprint density at radius 1 is 1.26 bits per heavy atom. The van der Waals surface area contributed by atoms with E-state index in [2.05, 4.69) is 10.2 Å². The third-order valence-corrected chi connectivity index (χ3v) is 3.88. The summed E-state index contributed by atoms with van der Waals surface area (Å²) in [5.41, 5.74) is -0.0151. The number of nitrogens with zero attached hydrogens (tertiary/aromatic N) is 3. The molecule has 0 bridgehead atoms. The Labute approximate surface area is 156 Å². The molecule has 0 aliphatic heterocycles. The molecule has 27 heavy (non-hydrogen) atoms. The van der Waals surface area contributed by atoms with Gasteiger partial charge in [-0.05, 0) is 31.2 Å². The number of carbonyl (C=O) groups excluding carboxylic acids is 1. The lowest BCUT2D eigenvalue weighted by Gasteiger charge is -2.10. The minimum absolute atomic E-state index is 0.0239. The van der Waals surface area contributed by atoms with Gasteiger partial charge >= 0.3 is 5.97 Å². The highest BCUT2D eigenvalue weighted by Gasteiger charge is 2.23. The number of nitro groups is 1. The first kappa shape index (κ1) is 18.5. The molecule has 0 aliphatic rings. The van der Waals surface area contributed by atoms with Crippen LogP contribution in [0, 0.1) is 15.9 Å². The van der Waals surface area contributed by atoms with Gasteiger partial charge in [-0.15, -0.1) is 10.2 Å². The molecule has 3 aromatic rings. The number of benzene rings is 2. The molecule has 138 valence electrons. The fraction of sp³-hybridized carbons (Fsp3) is 0.118. The highest BCUT2D eigenvalue weighted by atomic mass is 35.5. The van der Waals surface area contributed by atoms with Crippen molar-refractivity contribution in [3.05, 3.63) is 74.9 Å². The Hall–Kier alpha value is -3.33. The molecule has 0 N–H and O–H groups in total. The van der Waals surface area contributed by atoms with Gasteiger partial charge in [0.25, 0.3) is 11.6 Å². The third kappa shape index (κ3) is 3.93. The smallest absolute Gasteiger partial charge is 0.343 e. The summed E-state index contributed by atoms with van der Waals surface area (Å²) in [7, 11) is 0. The van der Waals surface area contributed by atoms with E-state index in [0.717, 1.165) is 6.07 Å². The predicted octanol–water partition coefficient (Wildman–Crippen LogP) is 4.36. The number of esters is 1. The highest BCUT2D eigenvalue weighted by Crippen LogP contribution is 2.26. The van der Waals surface area contributed by atoms with Crippen molar-refractivity contribution in [3.63, 3.8) is 0 Å². The minimum atomic E-state index is -0.972. The van der Waals surface area contributed by atoms with Crippen LogP contribution in [0.2, 0.25) is 5.02 Å². The fourth-order valence-electron chi connectivity index (χ4n) is 2.20. The number of halogens is 2. The van der Waals surface area contributed by atoms with Gasteiger partial charge in [-0.1, -0.05) is 17.7 Å². The highest BCUT2D eigenvalue weighted by molar-refractivity contribution is 6.33. The van der Waals surface area contributed by atoms with Crippen LogP contribution in [0.3, 0.4) is 0 Å². The maximum absolute atomic E-state index is 13.8. The maximum Gasteiger partial charge on any atom is 0.343 e. The van der Waals surface area contributed by atoms with E-state index in [1.54, 1.807) is 0 Å². The fourth-order valence-corrected chi connectivity index (χ4v) is 2.44. The molecular weight excluding hydrogens is 381 g/mol. The number of rotatable bonds is 5. The average molecular weight is 392 g/mol. The topological polar surface area (TPSA) is 108 Å². The number of nitro benzene ring substituents is 1. The molecule has 0 spiro atoms.